The Morgan fingerprint density at radius 1 is 1.00 bits per heavy atom. The summed E-state index contributed by atoms with van der Waals surface area (Å²) < 4.78 is 28.4. The lowest BCUT2D eigenvalue weighted by molar-refractivity contribution is 0.0941. The van der Waals surface area contributed by atoms with Crippen LogP contribution in [0.1, 0.15) is 27.9 Å². The summed E-state index contributed by atoms with van der Waals surface area (Å²) in [4.78, 5) is 15.2. The van der Waals surface area contributed by atoms with Gasteiger partial charge in [-0.2, -0.15) is 0 Å². The van der Waals surface area contributed by atoms with Crippen molar-refractivity contribution in [2.24, 2.45) is 0 Å². The molecule has 0 radical (unpaired) electrons. The molecular formula is C27H31N3O3S. The van der Waals surface area contributed by atoms with Crippen LogP contribution < -0.4 is 9.62 Å². The number of fused-ring (bicyclic) bond motifs is 1. The van der Waals surface area contributed by atoms with Crippen molar-refractivity contribution in [1.29, 1.82) is 0 Å². The number of sulfonamides is 1. The van der Waals surface area contributed by atoms with Crippen LogP contribution in [-0.2, 0) is 22.9 Å². The van der Waals surface area contributed by atoms with E-state index >= 15 is 0 Å². The molecule has 0 spiro atoms. The summed E-state index contributed by atoms with van der Waals surface area (Å²) in [5.74, 6) is -0.281. The zero-order valence-electron chi connectivity index (χ0n) is 19.6. The van der Waals surface area contributed by atoms with E-state index < -0.39 is 10.0 Å². The van der Waals surface area contributed by atoms with Crippen LogP contribution in [0.5, 0.6) is 0 Å². The summed E-state index contributed by atoms with van der Waals surface area (Å²) >= 11 is 0. The first kappa shape index (κ1) is 24.0. The molecule has 3 aromatic rings. The first-order chi connectivity index (χ1) is 16.4. The second-order valence-corrected chi connectivity index (χ2v) is 10.7. The van der Waals surface area contributed by atoms with Crippen LogP contribution in [0.3, 0.4) is 0 Å². The molecule has 6 nitrogen and oxygen atoms in total. The monoisotopic (exact) mass is 477 g/mol. The third-order valence-corrected chi connectivity index (χ3v) is 8.10. The molecule has 1 unspecified atom stereocenters. The molecule has 1 amide bonds. The minimum Gasteiger partial charge on any atom is -0.350 e. The van der Waals surface area contributed by atoms with E-state index in [1.54, 1.807) is 18.2 Å². The topological polar surface area (TPSA) is 69.7 Å². The number of rotatable bonds is 8. The summed E-state index contributed by atoms with van der Waals surface area (Å²) in [7, 11) is 0.207. The number of nitrogens with one attached hydrogen (secondary N) is 1. The summed E-state index contributed by atoms with van der Waals surface area (Å²) in [5, 5.41) is 2.99. The average molecular weight is 478 g/mol. The maximum Gasteiger partial charge on any atom is 0.264 e. The molecule has 0 saturated heterocycles. The first-order valence-electron chi connectivity index (χ1n) is 11.6. The van der Waals surface area contributed by atoms with Gasteiger partial charge in [0.05, 0.1) is 10.6 Å². The van der Waals surface area contributed by atoms with Crippen molar-refractivity contribution >= 4 is 21.6 Å². The molecule has 1 aliphatic heterocycles. The molecule has 7 heteroatoms. The lowest BCUT2D eigenvalue weighted by atomic mass is 10.0. The Hall–Kier alpha value is -3.16. The number of likely N-dealkylation sites (N-methyl/N-ethyl adjacent to an activating group) is 1. The van der Waals surface area contributed by atoms with Gasteiger partial charge in [0, 0.05) is 24.7 Å². The maximum atomic E-state index is 13.5. The standard InChI is InChI=1S/C27H31N3O3S/c1-29(2)24(18-21-10-4-3-5-11-21)20-28-27(31)23-13-8-15-25(19-23)34(32,33)30-17-9-14-22-12-6-7-16-26(22)30/h3-8,10-13,15-16,19,24H,9,14,17-18,20H2,1-2H3,(H,28,31). The smallest absolute Gasteiger partial charge is 0.264 e. The normalized spacial score (nSPS) is 14.5. The largest absolute Gasteiger partial charge is 0.350 e. The van der Waals surface area contributed by atoms with E-state index in [-0.39, 0.29) is 16.8 Å². The van der Waals surface area contributed by atoms with E-state index in [4.69, 9.17) is 0 Å². The number of amides is 1. The number of carbonyl (C=O) groups excluding carboxylic acids is 1. The molecule has 0 saturated carbocycles. The van der Waals surface area contributed by atoms with Crippen LogP contribution in [0.15, 0.2) is 83.8 Å². The summed E-state index contributed by atoms with van der Waals surface area (Å²) in [6, 6.07) is 24.2. The van der Waals surface area contributed by atoms with Gasteiger partial charge in [0.2, 0.25) is 0 Å². The van der Waals surface area contributed by atoms with Gasteiger partial charge in [-0.25, -0.2) is 8.42 Å². The molecule has 34 heavy (non-hydrogen) atoms. The Labute approximate surface area is 202 Å². The van der Waals surface area contributed by atoms with Crippen LogP contribution >= 0.6 is 0 Å². The second-order valence-electron chi connectivity index (χ2n) is 8.85. The van der Waals surface area contributed by atoms with E-state index in [0.717, 1.165) is 30.5 Å². The molecule has 0 aromatic heterocycles. The number of aryl methyl sites for hydroxylation is 1. The highest BCUT2D eigenvalue weighted by Gasteiger charge is 2.29. The highest BCUT2D eigenvalue weighted by atomic mass is 32.2. The predicted octanol–water partition coefficient (Wildman–Crippen LogP) is 3.73. The molecule has 1 N–H and O–H groups in total. The van der Waals surface area contributed by atoms with Gasteiger partial charge >= 0.3 is 0 Å². The summed E-state index contributed by atoms with van der Waals surface area (Å²) in [6.45, 7) is 0.886. The SMILES string of the molecule is CN(C)C(CNC(=O)c1cccc(S(=O)(=O)N2CCCc3ccccc32)c1)Cc1ccccc1. The maximum absolute atomic E-state index is 13.5. The van der Waals surface area contributed by atoms with Crippen LogP contribution in [0, 0.1) is 0 Å². The van der Waals surface area contributed by atoms with Crippen molar-refractivity contribution in [2.75, 3.05) is 31.5 Å². The molecule has 1 atom stereocenters. The highest BCUT2D eigenvalue weighted by molar-refractivity contribution is 7.92. The molecular weight excluding hydrogens is 446 g/mol. The number of benzene rings is 3. The number of carbonyl (C=O) groups is 1. The third-order valence-electron chi connectivity index (χ3n) is 6.29. The molecule has 0 aliphatic carbocycles. The van der Waals surface area contributed by atoms with Crippen molar-refractivity contribution in [3.05, 3.63) is 95.6 Å². The Kier molecular flexibility index (Phi) is 7.34. The van der Waals surface area contributed by atoms with Crippen molar-refractivity contribution < 1.29 is 13.2 Å². The Balaban J connectivity index is 1.49. The number of hydrogen-bond acceptors (Lipinski definition) is 4. The zero-order valence-corrected chi connectivity index (χ0v) is 20.5. The average Bonchev–Trinajstić information content (AvgIpc) is 2.86. The Morgan fingerprint density at radius 2 is 1.74 bits per heavy atom. The molecule has 1 aliphatic rings. The number of anilines is 1. The molecule has 1 heterocycles. The van der Waals surface area contributed by atoms with Gasteiger partial charge < -0.3 is 10.2 Å². The van der Waals surface area contributed by atoms with Gasteiger partial charge in [-0.1, -0.05) is 54.6 Å². The quantitative estimate of drug-likeness (QED) is 0.537. The van der Waals surface area contributed by atoms with Crippen LogP contribution in [0.25, 0.3) is 0 Å². The molecule has 3 aromatic carbocycles. The van der Waals surface area contributed by atoms with Crippen LogP contribution in [0.4, 0.5) is 5.69 Å². The Bertz CT molecular complexity index is 1240. The van der Waals surface area contributed by atoms with Gasteiger partial charge in [-0.05, 0) is 68.8 Å². The molecule has 4 rings (SSSR count). The minimum atomic E-state index is -3.77. The van der Waals surface area contributed by atoms with Gasteiger partial charge in [0.1, 0.15) is 0 Å². The number of para-hydroxylation sites is 1. The lowest BCUT2D eigenvalue weighted by Crippen LogP contribution is -2.41. The van der Waals surface area contributed by atoms with Gasteiger partial charge in [-0.3, -0.25) is 9.10 Å². The fourth-order valence-electron chi connectivity index (χ4n) is 4.31. The van der Waals surface area contributed by atoms with E-state index in [1.807, 2.05) is 56.6 Å². The fraction of sp³-hybridized carbons (Fsp3) is 0.296. The van der Waals surface area contributed by atoms with E-state index in [2.05, 4.69) is 22.3 Å². The highest BCUT2D eigenvalue weighted by Crippen LogP contribution is 2.31. The van der Waals surface area contributed by atoms with Gasteiger partial charge in [-0.15, -0.1) is 0 Å². The van der Waals surface area contributed by atoms with Crippen molar-refractivity contribution in [3.63, 3.8) is 0 Å². The van der Waals surface area contributed by atoms with Crippen LogP contribution in [0.2, 0.25) is 0 Å². The molecule has 0 fully saturated rings. The molecule has 178 valence electrons. The van der Waals surface area contributed by atoms with Gasteiger partial charge in [0.25, 0.3) is 15.9 Å². The van der Waals surface area contributed by atoms with Crippen LogP contribution in [-0.4, -0.2) is 52.5 Å². The summed E-state index contributed by atoms with van der Waals surface area (Å²) in [6.07, 6.45) is 2.43. The van der Waals surface area contributed by atoms with E-state index in [0.29, 0.717) is 18.7 Å². The Morgan fingerprint density at radius 3 is 2.50 bits per heavy atom. The van der Waals surface area contributed by atoms with E-state index in [9.17, 15) is 13.2 Å². The number of nitrogens with zero attached hydrogens (tertiary/aromatic N) is 2. The minimum absolute atomic E-state index is 0.114. The third kappa shape index (κ3) is 5.32. The second kappa shape index (κ2) is 10.4. The van der Waals surface area contributed by atoms with Crippen molar-refractivity contribution in [2.45, 2.75) is 30.2 Å². The molecule has 0 bridgehead atoms. The zero-order chi connectivity index (χ0) is 24.1. The van der Waals surface area contributed by atoms with Gasteiger partial charge in [0.15, 0.2) is 0 Å². The fourth-order valence-corrected chi connectivity index (χ4v) is 5.90. The first-order valence-corrected chi connectivity index (χ1v) is 13.0. The van der Waals surface area contributed by atoms with E-state index in [1.165, 1.54) is 15.9 Å². The summed E-state index contributed by atoms with van der Waals surface area (Å²) in [5.41, 5.74) is 3.28. The predicted molar refractivity (Wildman–Crippen MR) is 136 cm³/mol. The van der Waals surface area contributed by atoms with Crippen molar-refractivity contribution in [1.82, 2.24) is 10.2 Å². The lowest BCUT2D eigenvalue weighted by Gasteiger charge is -2.30. The van der Waals surface area contributed by atoms with Crippen molar-refractivity contribution in [3.8, 4) is 0 Å². The number of hydrogen-bond donors (Lipinski definition) is 1.